The molecular formula is C27H26FN7O2. The van der Waals surface area contributed by atoms with E-state index in [1.165, 1.54) is 23.6 Å². The number of urea groups is 1. The zero-order valence-electron chi connectivity index (χ0n) is 20.3. The fourth-order valence-corrected chi connectivity index (χ4v) is 6.00. The molecule has 2 aliphatic heterocycles. The van der Waals surface area contributed by atoms with Crippen LogP contribution in [0.5, 0.6) is 0 Å². The monoisotopic (exact) mass is 499 g/mol. The van der Waals surface area contributed by atoms with Crippen molar-refractivity contribution < 1.29 is 14.0 Å². The van der Waals surface area contributed by atoms with Gasteiger partial charge in [-0.2, -0.15) is 9.61 Å². The number of halogens is 1. The number of aromatic nitrogens is 4. The number of Topliss-reactive ketones (excluding diaryl/α,β-unsaturated/α-hetero) is 1. The number of carbonyl (C=O) groups excluding carboxylic acids is 2. The summed E-state index contributed by atoms with van der Waals surface area (Å²) in [6.07, 6.45) is 6.53. The summed E-state index contributed by atoms with van der Waals surface area (Å²) in [5.74, 6) is -0.251. The SMILES string of the molecule is CC(=O)c1c(C2CC3CC[C@@H](C2)N3C(N)=O)nc2c(-c3ccc(-c4ccc(F)cc4)nc3)cnn2c1N. The Hall–Kier alpha value is -4.34. The summed E-state index contributed by atoms with van der Waals surface area (Å²) >= 11 is 0. The first-order valence-corrected chi connectivity index (χ1v) is 12.3. The highest BCUT2D eigenvalue weighted by Gasteiger charge is 2.44. The number of carbonyl (C=O) groups is 2. The van der Waals surface area contributed by atoms with E-state index in [4.69, 9.17) is 16.5 Å². The van der Waals surface area contributed by atoms with E-state index in [9.17, 15) is 14.0 Å². The van der Waals surface area contributed by atoms with E-state index in [0.29, 0.717) is 35.4 Å². The third-order valence-electron chi connectivity index (χ3n) is 7.65. The van der Waals surface area contributed by atoms with Gasteiger partial charge in [0.2, 0.25) is 0 Å². The molecule has 3 atom stereocenters. The maximum atomic E-state index is 13.3. The standard InChI is InChI=1S/C27H26FN7O2/c1-14(36)23-24(17-10-19-7-8-20(11-17)34(19)27(30)37)33-26-21(13-32-35(26)25(23)29)16-4-9-22(31-12-16)15-2-5-18(28)6-3-15/h2-6,9,12-13,17,19-20H,7-8,10-11,29H2,1H3,(H2,30,37)/t17?,19-,20?/m0/s1. The average Bonchev–Trinajstić information content (AvgIpc) is 3.43. The van der Waals surface area contributed by atoms with Crippen molar-refractivity contribution in [2.45, 2.75) is 50.6 Å². The first-order valence-electron chi connectivity index (χ1n) is 12.3. The van der Waals surface area contributed by atoms with E-state index in [0.717, 1.165) is 29.5 Å². The van der Waals surface area contributed by atoms with Crippen LogP contribution >= 0.6 is 0 Å². The number of fused-ring (bicyclic) bond motifs is 3. The number of hydrogen-bond donors (Lipinski definition) is 2. The van der Waals surface area contributed by atoms with E-state index in [1.807, 2.05) is 12.1 Å². The smallest absolute Gasteiger partial charge is 0.315 e. The van der Waals surface area contributed by atoms with Gasteiger partial charge in [0.1, 0.15) is 11.6 Å². The fourth-order valence-electron chi connectivity index (χ4n) is 6.00. The van der Waals surface area contributed by atoms with Crippen molar-refractivity contribution in [1.82, 2.24) is 24.5 Å². The van der Waals surface area contributed by atoms with Crippen molar-refractivity contribution in [3.63, 3.8) is 0 Å². The van der Waals surface area contributed by atoms with E-state index in [1.54, 1.807) is 29.4 Å². The minimum absolute atomic E-state index is 0.0268. The summed E-state index contributed by atoms with van der Waals surface area (Å²) < 4.78 is 14.8. The molecule has 10 heteroatoms. The van der Waals surface area contributed by atoms with Crippen molar-refractivity contribution >= 4 is 23.3 Å². The Labute approximate surface area is 212 Å². The molecule has 6 rings (SSSR count). The predicted molar refractivity (Wildman–Crippen MR) is 136 cm³/mol. The van der Waals surface area contributed by atoms with Crippen molar-refractivity contribution in [3.05, 3.63) is 65.9 Å². The summed E-state index contributed by atoms with van der Waals surface area (Å²) in [5, 5.41) is 4.43. The van der Waals surface area contributed by atoms with Gasteiger partial charge in [-0.05, 0) is 62.9 Å². The van der Waals surface area contributed by atoms with Crippen LogP contribution in [0.25, 0.3) is 28.0 Å². The molecule has 2 aliphatic rings. The summed E-state index contributed by atoms with van der Waals surface area (Å²) in [7, 11) is 0. The molecule has 3 aromatic heterocycles. The van der Waals surface area contributed by atoms with Gasteiger partial charge in [-0.1, -0.05) is 6.07 Å². The number of rotatable bonds is 4. The number of nitrogens with two attached hydrogens (primary N) is 2. The van der Waals surface area contributed by atoms with Crippen LogP contribution in [-0.4, -0.2) is 48.4 Å². The molecule has 37 heavy (non-hydrogen) atoms. The van der Waals surface area contributed by atoms with E-state index >= 15 is 0 Å². The molecule has 1 aromatic carbocycles. The van der Waals surface area contributed by atoms with Crippen LogP contribution in [0.3, 0.4) is 0 Å². The Morgan fingerprint density at radius 1 is 1.00 bits per heavy atom. The second-order valence-electron chi connectivity index (χ2n) is 9.84. The molecule has 2 bridgehead atoms. The van der Waals surface area contributed by atoms with Crippen LogP contribution in [0.4, 0.5) is 15.0 Å². The highest BCUT2D eigenvalue weighted by atomic mass is 19.1. The number of amides is 2. The highest BCUT2D eigenvalue weighted by Crippen LogP contribution is 2.44. The van der Waals surface area contributed by atoms with Gasteiger partial charge in [-0.3, -0.25) is 9.78 Å². The minimum atomic E-state index is -0.393. The second kappa shape index (κ2) is 8.65. The van der Waals surface area contributed by atoms with E-state index < -0.39 is 6.03 Å². The van der Waals surface area contributed by atoms with Crippen LogP contribution in [0.2, 0.25) is 0 Å². The first kappa shape index (κ1) is 23.1. The molecule has 188 valence electrons. The number of anilines is 1. The van der Waals surface area contributed by atoms with Crippen LogP contribution < -0.4 is 11.5 Å². The zero-order chi connectivity index (χ0) is 25.8. The minimum Gasteiger partial charge on any atom is -0.383 e. The number of nitrogen functional groups attached to an aromatic ring is 1. The lowest BCUT2D eigenvalue weighted by atomic mass is 9.85. The van der Waals surface area contributed by atoms with Gasteiger partial charge in [-0.25, -0.2) is 14.2 Å². The topological polar surface area (TPSA) is 132 Å². The molecule has 2 unspecified atom stereocenters. The van der Waals surface area contributed by atoms with E-state index in [-0.39, 0.29) is 35.4 Å². The maximum Gasteiger partial charge on any atom is 0.315 e. The molecule has 0 radical (unpaired) electrons. The third kappa shape index (κ3) is 3.80. The zero-order valence-corrected chi connectivity index (χ0v) is 20.3. The summed E-state index contributed by atoms with van der Waals surface area (Å²) in [5.41, 5.74) is 16.7. The van der Waals surface area contributed by atoms with Gasteiger partial charge in [-0.15, -0.1) is 0 Å². The molecule has 0 spiro atoms. The summed E-state index contributed by atoms with van der Waals surface area (Å²) in [4.78, 5) is 36.0. The molecule has 2 fully saturated rings. The molecule has 2 amide bonds. The Bertz CT molecular complexity index is 1520. The summed E-state index contributed by atoms with van der Waals surface area (Å²) in [6, 6.07) is 9.61. The van der Waals surface area contributed by atoms with Gasteiger partial charge >= 0.3 is 6.03 Å². The number of primary amides is 1. The molecule has 2 saturated heterocycles. The third-order valence-corrected chi connectivity index (χ3v) is 7.65. The van der Waals surface area contributed by atoms with Gasteiger partial charge < -0.3 is 16.4 Å². The van der Waals surface area contributed by atoms with Gasteiger partial charge in [0, 0.05) is 40.9 Å². The quantitative estimate of drug-likeness (QED) is 0.405. The van der Waals surface area contributed by atoms with Crippen LogP contribution in [0, 0.1) is 5.82 Å². The number of pyridine rings is 1. The first-order chi connectivity index (χ1) is 17.8. The van der Waals surface area contributed by atoms with Crippen LogP contribution in [-0.2, 0) is 0 Å². The Morgan fingerprint density at radius 3 is 2.27 bits per heavy atom. The number of hydrogen-bond acceptors (Lipinski definition) is 6. The molecule has 0 aliphatic carbocycles. The maximum absolute atomic E-state index is 13.3. The van der Waals surface area contributed by atoms with Gasteiger partial charge in [0.05, 0.1) is 23.1 Å². The molecule has 4 N–H and O–H groups in total. The lowest BCUT2D eigenvalue weighted by molar-refractivity contribution is 0.101. The molecule has 4 aromatic rings. The van der Waals surface area contributed by atoms with Crippen molar-refractivity contribution in [2.75, 3.05) is 5.73 Å². The Balaban J connectivity index is 1.41. The Morgan fingerprint density at radius 2 is 1.68 bits per heavy atom. The molecular weight excluding hydrogens is 473 g/mol. The number of ketones is 1. The number of nitrogens with zero attached hydrogens (tertiary/aromatic N) is 5. The van der Waals surface area contributed by atoms with E-state index in [2.05, 4.69) is 10.1 Å². The largest absolute Gasteiger partial charge is 0.383 e. The van der Waals surface area contributed by atoms with Crippen molar-refractivity contribution in [3.8, 4) is 22.4 Å². The highest BCUT2D eigenvalue weighted by molar-refractivity contribution is 6.00. The Kier molecular flexibility index (Phi) is 5.40. The number of benzene rings is 1. The lowest BCUT2D eigenvalue weighted by Gasteiger charge is -2.38. The second-order valence-corrected chi connectivity index (χ2v) is 9.84. The van der Waals surface area contributed by atoms with Crippen LogP contribution in [0.1, 0.15) is 54.6 Å². The van der Waals surface area contributed by atoms with Gasteiger partial charge in [0.15, 0.2) is 11.4 Å². The normalized spacial score (nSPS) is 20.9. The van der Waals surface area contributed by atoms with Crippen LogP contribution in [0.15, 0.2) is 48.8 Å². The lowest BCUT2D eigenvalue weighted by Crippen LogP contribution is -2.48. The molecule has 5 heterocycles. The summed E-state index contributed by atoms with van der Waals surface area (Å²) in [6.45, 7) is 1.48. The van der Waals surface area contributed by atoms with Gasteiger partial charge in [0.25, 0.3) is 0 Å². The van der Waals surface area contributed by atoms with Crippen molar-refractivity contribution in [2.24, 2.45) is 5.73 Å². The predicted octanol–water partition coefficient (Wildman–Crippen LogP) is 4.17. The fraction of sp³-hybridized carbons (Fsp3) is 0.296. The molecule has 0 saturated carbocycles. The number of piperidine rings is 1. The molecule has 9 nitrogen and oxygen atoms in total. The van der Waals surface area contributed by atoms with Crippen molar-refractivity contribution in [1.29, 1.82) is 0 Å². The average molecular weight is 500 g/mol.